The molecule has 0 atom stereocenters. The van der Waals surface area contributed by atoms with Gasteiger partial charge in [-0.25, -0.2) is 4.79 Å². The molecule has 0 saturated carbocycles. The molecular formula is C16H18N4O3. The maximum atomic E-state index is 11.6. The van der Waals surface area contributed by atoms with Gasteiger partial charge >= 0.3 is 6.03 Å². The molecule has 0 bridgehead atoms. The molecule has 0 unspecified atom stereocenters. The Labute approximate surface area is 134 Å². The number of nitrogens with zero attached hydrogens (tertiary/aromatic N) is 2. The van der Waals surface area contributed by atoms with Crippen LogP contribution >= 0.6 is 0 Å². The van der Waals surface area contributed by atoms with Crippen LogP contribution in [0.2, 0.25) is 0 Å². The molecule has 2 aromatic rings. The van der Waals surface area contributed by atoms with Crippen LogP contribution in [0, 0.1) is 13.8 Å². The number of ether oxygens (including phenoxy) is 1. The Kier molecular flexibility index (Phi) is 5.62. The predicted molar refractivity (Wildman–Crippen MR) is 83.8 cm³/mol. The van der Waals surface area contributed by atoms with Crippen molar-refractivity contribution in [1.82, 2.24) is 20.8 Å². The quantitative estimate of drug-likeness (QED) is 0.872. The SMILES string of the molecule is Cc1cc(OCC(=O)NC(=O)NCc2ccccc2)nnc1C. The molecule has 0 radical (unpaired) electrons. The van der Waals surface area contributed by atoms with Crippen molar-refractivity contribution in [2.45, 2.75) is 20.4 Å². The van der Waals surface area contributed by atoms with E-state index in [0.29, 0.717) is 6.54 Å². The number of rotatable bonds is 5. The normalized spacial score (nSPS) is 10.0. The van der Waals surface area contributed by atoms with Gasteiger partial charge in [-0.2, -0.15) is 5.10 Å². The molecule has 0 spiro atoms. The first-order valence-electron chi connectivity index (χ1n) is 7.10. The van der Waals surface area contributed by atoms with Crippen molar-refractivity contribution in [1.29, 1.82) is 0 Å². The lowest BCUT2D eigenvalue weighted by atomic mass is 10.2. The van der Waals surface area contributed by atoms with Crippen LogP contribution in [0.3, 0.4) is 0 Å². The van der Waals surface area contributed by atoms with E-state index in [1.54, 1.807) is 6.07 Å². The summed E-state index contributed by atoms with van der Waals surface area (Å²) in [5.41, 5.74) is 2.65. The summed E-state index contributed by atoms with van der Waals surface area (Å²) in [6, 6.07) is 10.5. The lowest BCUT2D eigenvalue weighted by Gasteiger charge is -2.08. The van der Waals surface area contributed by atoms with E-state index in [0.717, 1.165) is 16.8 Å². The highest BCUT2D eigenvalue weighted by Gasteiger charge is 2.09. The predicted octanol–water partition coefficient (Wildman–Crippen LogP) is 1.50. The topological polar surface area (TPSA) is 93.2 Å². The van der Waals surface area contributed by atoms with Gasteiger partial charge in [0.2, 0.25) is 5.88 Å². The highest BCUT2D eigenvalue weighted by atomic mass is 16.5. The number of nitrogens with one attached hydrogen (secondary N) is 2. The molecule has 0 aliphatic heterocycles. The van der Waals surface area contributed by atoms with Gasteiger partial charge in [-0.1, -0.05) is 30.3 Å². The average molecular weight is 314 g/mol. The zero-order valence-corrected chi connectivity index (χ0v) is 13.0. The Hall–Kier alpha value is -2.96. The Balaban J connectivity index is 1.73. The molecule has 0 saturated heterocycles. The number of benzene rings is 1. The van der Waals surface area contributed by atoms with E-state index in [-0.39, 0.29) is 12.5 Å². The van der Waals surface area contributed by atoms with E-state index in [1.807, 2.05) is 44.2 Å². The summed E-state index contributed by atoms with van der Waals surface area (Å²) in [5, 5.41) is 12.5. The molecule has 1 aromatic carbocycles. The van der Waals surface area contributed by atoms with Crippen molar-refractivity contribution in [3.8, 4) is 5.88 Å². The highest BCUT2D eigenvalue weighted by molar-refractivity contribution is 5.94. The molecule has 7 heteroatoms. The van der Waals surface area contributed by atoms with Gasteiger partial charge in [-0.15, -0.1) is 5.10 Å². The molecule has 0 fully saturated rings. The second-order valence-electron chi connectivity index (χ2n) is 4.96. The molecule has 23 heavy (non-hydrogen) atoms. The number of carbonyl (C=O) groups is 2. The third-order valence-electron chi connectivity index (χ3n) is 3.11. The molecule has 7 nitrogen and oxygen atoms in total. The Bertz CT molecular complexity index is 689. The fourth-order valence-corrected chi connectivity index (χ4v) is 1.72. The van der Waals surface area contributed by atoms with Gasteiger partial charge in [-0.05, 0) is 25.0 Å². The average Bonchev–Trinajstić information content (AvgIpc) is 2.55. The zero-order chi connectivity index (χ0) is 16.7. The molecule has 0 aliphatic rings. The van der Waals surface area contributed by atoms with Gasteiger partial charge in [0.05, 0.1) is 5.69 Å². The maximum absolute atomic E-state index is 11.6. The molecular weight excluding hydrogens is 296 g/mol. The Morgan fingerprint density at radius 1 is 1.13 bits per heavy atom. The monoisotopic (exact) mass is 314 g/mol. The van der Waals surface area contributed by atoms with Gasteiger partial charge < -0.3 is 10.1 Å². The smallest absolute Gasteiger partial charge is 0.321 e. The van der Waals surface area contributed by atoms with Crippen LogP contribution in [0.4, 0.5) is 4.79 Å². The molecule has 2 N–H and O–H groups in total. The highest BCUT2D eigenvalue weighted by Crippen LogP contribution is 2.09. The number of aromatic nitrogens is 2. The summed E-state index contributed by atoms with van der Waals surface area (Å²) >= 11 is 0. The van der Waals surface area contributed by atoms with Crippen LogP contribution in [0.25, 0.3) is 0 Å². The van der Waals surface area contributed by atoms with Gasteiger partial charge in [0, 0.05) is 12.6 Å². The van der Waals surface area contributed by atoms with Crippen molar-refractivity contribution in [3.05, 3.63) is 53.2 Å². The van der Waals surface area contributed by atoms with Crippen molar-refractivity contribution in [2.75, 3.05) is 6.61 Å². The molecule has 2 rings (SSSR count). The third-order valence-corrected chi connectivity index (χ3v) is 3.11. The summed E-state index contributed by atoms with van der Waals surface area (Å²) in [5.74, 6) is -0.316. The first kappa shape index (κ1) is 16.4. The van der Waals surface area contributed by atoms with Crippen molar-refractivity contribution in [3.63, 3.8) is 0 Å². The van der Waals surface area contributed by atoms with Crippen LogP contribution in [0.5, 0.6) is 5.88 Å². The van der Waals surface area contributed by atoms with Gasteiger partial charge in [0.1, 0.15) is 0 Å². The second-order valence-corrected chi connectivity index (χ2v) is 4.96. The van der Waals surface area contributed by atoms with Crippen LogP contribution in [-0.4, -0.2) is 28.7 Å². The number of aryl methyl sites for hydroxylation is 2. The minimum atomic E-state index is -0.575. The molecule has 1 heterocycles. The molecule has 0 aliphatic carbocycles. The third kappa shape index (κ3) is 5.39. The van der Waals surface area contributed by atoms with Gasteiger partial charge in [0.15, 0.2) is 6.61 Å². The van der Waals surface area contributed by atoms with Crippen LogP contribution in [0.1, 0.15) is 16.8 Å². The number of hydrogen-bond donors (Lipinski definition) is 2. The summed E-state index contributed by atoms with van der Waals surface area (Å²) in [4.78, 5) is 23.3. The largest absolute Gasteiger partial charge is 0.466 e. The van der Waals surface area contributed by atoms with Crippen molar-refractivity contribution >= 4 is 11.9 Å². The van der Waals surface area contributed by atoms with E-state index in [1.165, 1.54) is 0 Å². The molecule has 3 amide bonds. The fourth-order valence-electron chi connectivity index (χ4n) is 1.72. The fraction of sp³-hybridized carbons (Fsp3) is 0.250. The molecule has 120 valence electrons. The minimum absolute atomic E-state index is 0.243. The number of imide groups is 1. The second kappa shape index (κ2) is 7.88. The van der Waals surface area contributed by atoms with E-state index < -0.39 is 11.9 Å². The van der Waals surface area contributed by atoms with Crippen molar-refractivity contribution in [2.24, 2.45) is 0 Å². The minimum Gasteiger partial charge on any atom is -0.466 e. The maximum Gasteiger partial charge on any atom is 0.321 e. The number of amides is 3. The summed E-state index contributed by atoms with van der Waals surface area (Å²) in [6.45, 7) is 3.73. The lowest BCUT2D eigenvalue weighted by Crippen LogP contribution is -2.41. The number of hydrogen-bond acceptors (Lipinski definition) is 5. The van der Waals surface area contributed by atoms with Crippen molar-refractivity contribution < 1.29 is 14.3 Å². The summed E-state index contributed by atoms with van der Waals surface area (Å²) < 4.78 is 5.20. The van der Waals surface area contributed by atoms with E-state index in [4.69, 9.17) is 4.74 Å². The lowest BCUT2D eigenvalue weighted by molar-refractivity contribution is -0.122. The molecule has 1 aromatic heterocycles. The van der Waals surface area contributed by atoms with Crippen LogP contribution in [-0.2, 0) is 11.3 Å². The van der Waals surface area contributed by atoms with Crippen LogP contribution < -0.4 is 15.4 Å². The number of urea groups is 1. The van der Waals surface area contributed by atoms with E-state index >= 15 is 0 Å². The Morgan fingerprint density at radius 3 is 2.57 bits per heavy atom. The van der Waals surface area contributed by atoms with Crippen LogP contribution in [0.15, 0.2) is 36.4 Å². The zero-order valence-electron chi connectivity index (χ0n) is 13.0. The van der Waals surface area contributed by atoms with Gasteiger partial charge in [-0.3, -0.25) is 10.1 Å². The summed E-state index contributed by atoms with van der Waals surface area (Å²) in [6.07, 6.45) is 0. The Morgan fingerprint density at radius 2 is 1.87 bits per heavy atom. The first-order valence-corrected chi connectivity index (χ1v) is 7.10. The standard InChI is InChI=1S/C16H18N4O3/c1-11-8-15(20-19-12(11)2)23-10-14(21)18-16(22)17-9-13-6-4-3-5-7-13/h3-8H,9-10H2,1-2H3,(H2,17,18,21,22). The van der Waals surface area contributed by atoms with E-state index in [9.17, 15) is 9.59 Å². The van der Waals surface area contributed by atoms with Gasteiger partial charge in [0.25, 0.3) is 5.91 Å². The number of carbonyl (C=O) groups excluding carboxylic acids is 2. The van der Waals surface area contributed by atoms with E-state index in [2.05, 4.69) is 20.8 Å². The summed E-state index contributed by atoms with van der Waals surface area (Å²) in [7, 11) is 0. The first-order chi connectivity index (χ1) is 11.0.